The van der Waals surface area contributed by atoms with Crippen molar-refractivity contribution in [1.82, 2.24) is 4.90 Å². The number of likely N-dealkylation sites (tertiary alicyclic amines) is 1. The molecule has 0 spiro atoms. The summed E-state index contributed by atoms with van der Waals surface area (Å²) in [6, 6.07) is 4.22. The lowest BCUT2D eigenvalue weighted by Crippen LogP contribution is -2.34. The fourth-order valence-electron chi connectivity index (χ4n) is 2.16. The molecule has 2 N–H and O–H groups in total. The van der Waals surface area contributed by atoms with Gasteiger partial charge in [0.25, 0.3) is 0 Å². The third-order valence-electron chi connectivity index (χ3n) is 3.29. The lowest BCUT2D eigenvalue weighted by Gasteiger charge is -2.19. The monoisotopic (exact) mass is 294 g/mol. The Labute approximate surface area is 121 Å². The maximum Gasteiger partial charge on any atom is 0.229 e. The minimum absolute atomic E-state index is 0.0695. The molecule has 0 aliphatic carbocycles. The van der Waals surface area contributed by atoms with E-state index in [2.05, 4.69) is 0 Å². The van der Waals surface area contributed by atoms with Gasteiger partial charge in [-0.1, -0.05) is 12.2 Å². The quantitative estimate of drug-likeness (QED) is 0.683. The first-order valence-corrected chi connectivity index (χ1v) is 6.81. The second-order valence-electron chi connectivity index (χ2n) is 4.75. The number of carbonyl (C=O) groups is 2. The van der Waals surface area contributed by atoms with Gasteiger partial charge >= 0.3 is 0 Å². The van der Waals surface area contributed by atoms with Crippen LogP contribution in [0.1, 0.15) is 36.8 Å². The number of nitrogens with zero attached hydrogens (tertiary/aromatic N) is 1. The molecule has 4 nitrogen and oxygen atoms in total. The molecule has 1 aliphatic rings. The van der Waals surface area contributed by atoms with Crippen LogP contribution in [0.4, 0.5) is 4.39 Å². The Bertz CT molecular complexity index is 556. The number of benzene rings is 1. The molecule has 1 aromatic rings. The Morgan fingerprint density at radius 1 is 1.25 bits per heavy atom. The largest absolute Gasteiger partial charge is 0.389 e. The van der Waals surface area contributed by atoms with E-state index in [9.17, 15) is 14.0 Å². The van der Waals surface area contributed by atoms with E-state index in [-0.39, 0.29) is 28.9 Å². The van der Waals surface area contributed by atoms with Crippen LogP contribution in [-0.4, -0.2) is 21.7 Å². The van der Waals surface area contributed by atoms with Crippen molar-refractivity contribution in [3.05, 3.63) is 35.1 Å². The molecule has 0 saturated carbocycles. The summed E-state index contributed by atoms with van der Waals surface area (Å²) in [4.78, 5) is 25.1. The van der Waals surface area contributed by atoms with Gasteiger partial charge < -0.3 is 5.73 Å². The van der Waals surface area contributed by atoms with Crippen molar-refractivity contribution in [1.29, 1.82) is 0 Å². The van der Waals surface area contributed by atoms with Gasteiger partial charge in [0.15, 0.2) is 0 Å². The van der Waals surface area contributed by atoms with E-state index in [0.717, 1.165) is 4.90 Å². The Morgan fingerprint density at radius 3 is 2.40 bits per heavy atom. The topological polar surface area (TPSA) is 63.4 Å². The minimum Gasteiger partial charge on any atom is -0.389 e. The average Bonchev–Trinajstić information content (AvgIpc) is 2.55. The molecule has 106 valence electrons. The third-order valence-corrected chi connectivity index (χ3v) is 3.53. The van der Waals surface area contributed by atoms with Crippen LogP contribution in [0, 0.1) is 5.82 Å². The first-order chi connectivity index (χ1) is 9.49. The summed E-state index contributed by atoms with van der Waals surface area (Å²) in [6.07, 6.45) is 2.03. The number of imide groups is 1. The van der Waals surface area contributed by atoms with Crippen molar-refractivity contribution >= 4 is 29.0 Å². The van der Waals surface area contributed by atoms with Gasteiger partial charge in [-0.2, -0.15) is 0 Å². The number of halogens is 1. The first-order valence-electron chi connectivity index (χ1n) is 6.40. The molecular weight excluding hydrogens is 279 g/mol. The van der Waals surface area contributed by atoms with Crippen molar-refractivity contribution in [2.45, 2.75) is 32.2 Å². The number of rotatable bonds is 3. The zero-order chi connectivity index (χ0) is 14.7. The van der Waals surface area contributed by atoms with E-state index in [1.807, 2.05) is 0 Å². The van der Waals surface area contributed by atoms with Crippen molar-refractivity contribution in [2.24, 2.45) is 5.73 Å². The zero-order valence-corrected chi connectivity index (χ0v) is 11.7. The Balaban J connectivity index is 2.27. The number of hydrogen-bond donors (Lipinski definition) is 1. The molecule has 2 amide bonds. The zero-order valence-electron chi connectivity index (χ0n) is 10.9. The van der Waals surface area contributed by atoms with E-state index in [0.29, 0.717) is 31.2 Å². The molecule has 0 unspecified atom stereocenters. The highest BCUT2D eigenvalue weighted by atomic mass is 32.1. The van der Waals surface area contributed by atoms with E-state index >= 15 is 0 Å². The summed E-state index contributed by atoms with van der Waals surface area (Å²) in [5.41, 5.74) is 6.28. The van der Waals surface area contributed by atoms with Crippen molar-refractivity contribution in [3.8, 4) is 0 Å². The van der Waals surface area contributed by atoms with Crippen LogP contribution in [0.25, 0.3) is 0 Å². The van der Waals surface area contributed by atoms with Gasteiger partial charge in [-0.05, 0) is 31.0 Å². The van der Waals surface area contributed by atoms with Gasteiger partial charge in [-0.3, -0.25) is 14.5 Å². The average molecular weight is 294 g/mol. The summed E-state index contributed by atoms with van der Waals surface area (Å²) in [5.74, 6) is -0.991. The third kappa shape index (κ3) is 3.19. The minimum atomic E-state index is -0.477. The second-order valence-corrected chi connectivity index (χ2v) is 5.19. The van der Waals surface area contributed by atoms with Crippen LogP contribution in [-0.2, 0) is 16.1 Å². The molecule has 1 heterocycles. The summed E-state index contributed by atoms with van der Waals surface area (Å²) < 4.78 is 13.8. The molecule has 0 atom stereocenters. The van der Waals surface area contributed by atoms with Crippen LogP contribution in [0.15, 0.2) is 18.2 Å². The first kappa shape index (κ1) is 14.6. The fraction of sp³-hybridized carbons (Fsp3) is 0.357. The lowest BCUT2D eigenvalue weighted by molar-refractivity contribution is -0.144. The lowest BCUT2D eigenvalue weighted by atomic mass is 10.1. The normalized spacial score (nSPS) is 16.1. The molecule has 20 heavy (non-hydrogen) atoms. The molecule has 1 aliphatic heterocycles. The summed E-state index contributed by atoms with van der Waals surface area (Å²) in [6.45, 7) is -0.0695. The van der Waals surface area contributed by atoms with Crippen LogP contribution >= 0.6 is 12.2 Å². The molecule has 0 radical (unpaired) electrons. The standard InChI is InChI=1S/C14H15FN2O2S/c15-11-6-5-9(14(16)20)7-10(11)8-17-12(18)3-1-2-4-13(17)19/h5-7H,1-4,8H2,(H2,16,20). The van der Waals surface area contributed by atoms with E-state index < -0.39 is 5.82 Å². The highest BCUT2D eigenvalue weighted by molar-refractivity contribution is 7.80. The SMILES string of the molecule is NC(=S)c1ccc(F)c(CN2C(=O)CCCCC2=O)c1. The molecular formula is C14H15FN2O2S. The predicted molar refractivity (Wildman–Crippen MR) is 76.3 cm³/mol. The van der Waals surface area contributed by atoms with Crippen LogP contribution in [0.2, 0.25) is 0 Å². The molecule has 0 aromatic heterocycles. The van der Waals surface area contributed by atoms with Gasteiger partial charge in [0.2, 0.25) is 11.8 Å². The number of nitrogens with two attached hydrogens (primary N) is 1. The maximum atomic E-state index is 13.8. The molecule has 1 aromatic carbocycles. The Kier molecular flexibility index (Phi) is 4.44. The summed E-state index contributed by atoms with van der Waals surface area (Å²) in [7, 11) is 0. The summed E-state index contributed by atoms with van der Waals surface area (Å²) >= 11 is 4.85. The summed E-state index contributed by atoms with van der Waals surface area (Å²) in [5, 5.41) is 0. The van der Waals surface area contributed by atoms with Gasteiger partial charge in [0, 0.05) is 24.0 Å². The molecule has 1 fully saturated rings. The highest BCUT2D eigenvalue weighted by Crippen LogP contribution is 2.18. The number of thiocarbonyl (C=S) groups is 1. The van der Waals surface area contributed by atoms with Gasteiger partial charge in [0.05, 0.1) is 6.54 Å². The van der Waals surface area contributed by atoms with Crippen molar-refractivity contribution in [3.63, 3.8) is 0 Å². The van der Waals surface area contributed by atoms with E-state index in [1.54, 1.807) is 0 Å². The number of amides is 2. The second kappa shape index (κ2) is 6.09. The molecule has 0 bridgehead atoms. The molecule has 1 saturated heterocycles. The van der Waals surface area contributed by atoms with Crippen LogP contribution < -0.4 is 5.73 Å². The fourth-order valence-corrected chi connectivity index (χ4v) is 2.28. The van der Waals surface area contributed by atoms with Gasteiger partial charge in [0.1, 0.15) is 10.8 Å². The van der Waals surface area contributed by atoms with E-state index in [4.69, 9.17) is 18.0 Å². The van der Waals surface area contributed by atoms with Crippen LogP contribution in [0.5, 0.6) is 0 Å². The van der Waals surface area contributed by atoms with Crippen molar-refractivity contribution < 1.29 is 14.0 Å². The van der Waals surface area contributed by atoms with E-state index in [1.165, 1.54) is 18.2 Å². The number of carbonyl (C=O) groups excluding carboxylic acids is 2. The Morgan fingerprint density at radius 2 is 1.85 bits per heavy atom. The van der Waals surface area contributed by atoms with Gasteiger partial charge in [-0.15, -0.1) is 0 Å². The highest BCUT2D eigenvalue weighted by Gasteiger charge is 2.25. The Hall–Kier alpha value is -1.82. The molecule has 6 heteroatoms. The maximum absolute atomic E-state index is 13.8. The molecule has 2 rings (SSSR count). The predicted octanol–water partition coefficient (Wildman–Crippen LogP) is 1.89. The smallest absolute Gasteiger partial charge is 0.229 e. The van der Waals surface area contributed by atoms with Gasteiger partial charge in [-0.25, -0.2) is 4.39 Å². The van der Waals surface area contributed by atoms with Crippen LogP contribution in [0.3, 0.4) is 0 Å². The van der Waals surface area contributed by atoms with Crippen molar-refractivity contribution in [2.75, 3.05) is 0 Å². The number of hydrogen-bond acceptors (Lipinski definition) is 3.